The summed E-state index contributed by atoms with van der Waals surface area (Å²) in [5.74, 6) is -0.113. The molecule has 0 aliphatic rings. The summed E-state index contributed by atoms with van der Waals surface area (Å²) < 4.78 is 22.6. The van der Waals surface area contributed by atoms with Crippen LogP contribution >= 0.6 is 0 Å². The van der Waals surface area contributed by atoms with E-state index in [2.05, 4.69) is 24.1 Å². The molecule has 0 rings (SSSR count). The topological polar surface area (TPSA) is 103 Å². The van der Waals surface area contributed by atoms with E-state index in [4.69, 9.17) is 18.9 Å². The maximum atomic E-state index is 12.7. The summed E-state index contributed by atoms with van der Waals surface area (Å²) in [6, 6.07) is 0. The molecule has 0 aliphatic heterocycles. The van der Waals surface area contributed by atoms with Gasteiger partial charge in [0.25, 0.3) is 0 Å². The number of likely N-dealkylation sites (N-methyl/N-ethyl adjacent to an activating group) is 1. The van der Waals surface area contributed by atoms with Crippen LogP contribution in [0.1, 0.15) is 335 Å². The molecular formula is C64H126N2O7. The highest BCUT2D eigenvalue weighted by atomic mass is 16.6. The number of esters is 2. The molecule has 0 aromatic rings. The summed E-state index contributed by atoms with van der Waals surface area (Å²) in [5, 5.41) is 2.86. The highest BCUT2D eigenvalue weighted by Crippen LogP contribution is 2.19. The zero-order valence-corrected chi connectivity index (χ0v) is 49.5. The summed E-state index contributed by atoms with van der Waals surface area (Å²) in [6.45, 7) is 7.92. The van der Waals surface area contributed by atoms with E-state index in [-0.39, 0.29) is 24.1 Å². The van der Waals surface area contributed by atoms with Gasteiger partial charge in [0.1, 0.15) is 6.10 Å². The van der Waals surface area contributed by atoms with E-state index in [0.717, 1.165) is 96.4 Å². The van der Waals surface area contributed by atoms with Crippen molar-refractivity contribution in [2.45, 2.75) is 341 Å². The highest BCUT2D eigenvalue weighted by molar-refractivity contribution is 5.69. The van der Waals surface area contributed by atoms with Gasteiger partial charge in [0, 0.05) is 25.9 Å². The predicted octanol–water partition coefficient (Wildman–Crippen LogP) is 19.3. The average molecular weight is 1040 g/mol. The molecule has 0 spiro atoms. The minimum atomic E-state index is -0.380. The van der Waals surface area contributed by atoms with Gasteiger partial charge in [0.05, 0.1) is 26.4 Å². The second-order valence-electron chi connectivity index (χ2n) is 22.4. The molecule has 0 saturated carbocycles. The lowest BCUT2D eigenvalue weighted by Crippen LogP contribution is -2.32. The molecule has 0 unspecified atom stereocenters. The van der Waals surface area contributed by atoms with Crippen molar-refractivity contribution < 1.29 is 33.3 Å². The van der Waals surface area contributed by atoms with Gasteiger partial charge in [0.2, 0.25) is 0 Å². The van der Waals surface area contributed by atoms with Crippen LogP contribution in [0.5, 0.6) is 0 Å². The highest BCUT2D eigenvalue weighted by Gasteiger charge is 2.15. The molecule has 434 valence electrons. The van der Waals surface area contributed by atoms with Gasteiger partial charge in [-0.05, 0) is 65.5 Å². The monoisotopic (exact) mass is 1030 g/mol. The zero-order chi connectivity index (χ0) is 53.0. The van der Waals surface area contributed by atoms with Crippen LogP contribution in [0.3, 0.4) is 0 Å². The Hall–Kier alpha value is -1.87. The van der Waals surface area contributed by atoms with Crippen molar-refractivity contribution in [3.8, 4) is 0 Å². The lowest BCUT2D eigenvalue weighted by Gasteiger charge is -2.18. The lowest BCUT2D eigenvalue weighted by molar-refractivity contribution is -0.144. The first-order valence-electron chi connectivity index (χ1n) is 32.4. The molecule has 9 nitrogen and oxygen atoms in total. The summed E-state index contributed by atoms with van der Waals surface area (Å²) in [6.07, 6.45) is 61.2. The standard InChI is InChI=1S/C64H126N2O7/c1-5-7-9-11-13-15-17-19-21-23-25-27-29-31-33-35-37-39-47-53-62(67)71-57-49-43-41-45-51-61(73-64(69)65-55-59-70-60-56-66(3)4)52-46-42-44-50-58-72-63(68)54-48-40-38-36-34-32-30-28-26-24-22-20-18-16-14-12-10-8-6-2/h61H,5-60H2,1-4H3,(H,65,69). The number of nitrogens with one attached hydrogen (secondary N) is 1. The molecule has 0 heterocycles. The number of alkyl carbamates (subject to hydrolysis) is 1. The number of hydrogen-bond donors (Lipinski definition) is 1. The number of amides is 1. The SMILES string of the molecule is CCCCCCCCCCCCCCCCCCCCCC(=O)OCCCCCCC(CCCCCCOC(=O)CCCCCCCCCCCCCCCCCCCCC)OC(=O)NCCOCCN(C)C. The third kappa shape index (κ3) is 60.9. The van der Waals surface area contributed by atoms with E-state index < -0.39 is 0 Å². The Labute approximate surface area is 454 Å². The first kappa shape index (κ1) is 71.1. The fraction of sp³-hybridized carbons (Fsp3) is 0.953. The maximum absolute atomic E-state index is 12.7. The first-order chi connectivity index (χ1) is 35.9. The van der Waals surface area contributed by atoms with Crippen molar-refractivity contribution in [3.05, 3.63) is 0 Å². The van der Waals surface area contributed by atoms with E-state index in [1.165, 1.54) is 218 Å². The van der Waals surface area contributed by atoms with Crippen LogP contribution in [0.25, 0.3) is 0 Å². The molecule has 0 aromatic carbocycles. The summed E-state index contributed by atoms with van der Waals surface area (Å²) in [5.41, 5.74) is 0. The Bertz CT molecular complexity index is 1050. The average Bonchev–Trinajstić information content (AvgIpc) is 3.37. The molecule has 0 saturated heterocycles. The van der Waals surface area contributed by atoms with Crippen LogP contribution in [0.15, 0.2) is 0 Å². The molecule has 0 atom stereocenters. The van der Waals surface area contributed by atoms with Crippen LogP contribution in [-0.4, -0.2) is 82.6 Å². The van der Waals surface area contributed by atoms with Crippen LogP contribution < -0.4 is 5.32 Å². The number of nitrogens with zero attached hydrogens (tertiary/aromatic N) is 1. The van der Waals surface area contributed by atoms with Gasteiger partial charge >= 0.3 is 18.0 Å². The predicted molar refractivity (Wildman–Crippen MR) is 312 cm³/mol. The number of ether oxygens (including phenoxy) is 4. The van der Waals surface area contributed by atoms with Crippen molar-refractivity contribution in [3.63, 3.8) is 0 Å². The largest absolute Gasteiger partial charge is 0.466 e. The fourth-order valence-electron chi connectivity index (χ4n) is 9.90. The summed E-state index contributed by atoms with van der Waals surface area (Å²) in [7, 11) is 4.02. The van der Waals surface area contributed by atoms with Gasteiger partial charge in [-0.3, -0.25) is 9.59 Å². The number of hydrogen-bond acceptors (Lipinski definition) is 8. The van der Waals surface area contributed by atoms with Crippen LogP contribution in [0, 0.1) is 0 Å². The lowest BCUT2D eigenvalue weighted by atomic mass is 10.0. The number of unbranched alkanes of at least 4 members (excludes halogenated alkanes) is 42. The summed E-state index contributed by atoms with van der Waals surface area (Å²) in [4.78, 5) is 39.4. The molecule has 0 fully saturated rings. The van der Waals surface area contributed by atoms with E-state index in [1.807, 2.05) is 14.1 Å². The van der Waals surface area contributed by atoms with Gasteiger partial charge in [-0.15, -0.1) is 0 Å². The van der Waals surface area contributed by atoms with Crippen molar-refractivity contribution in [2.75, 3.05) is 53.6 Å². The molecule has 0 aliphatic carbocycles. The molecule has 0 radical (unpaired) electrons. The Morgan fingerprint density at radius 3 is 0.959 bits per heavy atom. The third-order valence-electron chi connectivity index (χ3n) is 14.8. The Kier molecular flexibility index (Phi) is 59.4. The second kappa shape index (κ2) is 61.0. The smallest absolute Gasteiger partial charge is 0.407 e. The first-order valence-corrected chi connectivity index (χ1v) is 32.4. The summed E-state index contributed by atoms with van der Waals surface area (Å²) >= 11 is 0. The van der Waals surface area contributed by atoms with E-state index in [9.17, 15) is 14.4 Å². The second-order valence-corrected chi connectivity index (χ2v) is 22.4. The minimum absolute atomic E-state index is 0.0567. The van der Waals surface area contributed by atoms with Crippen molar-refractivity contribution in [1.29, 1.82) is 0 Å². The van der Waals surface area contributed by atoms with Crippen molar-refractivity contribution >= 4 is 18.0 Å². The number of carbonyl (C=O) groups excluding carboxylic acids is 3. The molecule has 73 heavy (non-hydrogen) atoms. The van der Waals surface area contributed by atoms with Gasteiger partial charge in [0.15, 0.2) is 0 Å². The van der Waals surface area contributed by atoms with E-state index in [1.54, 1.807) is 0 Å². The zero-order valence-electron chi connectivity index (χ0n) is 49.5. The van der Waals surface area contributed by atoms with Crippen molar-refractivity contribution in [1.82, 2.24) is 10.2 Å². The van der Waals surface area contributed by atoms with E-state index >= 15 is 0 Å². The van der Waals surface area contributed by atoms with Gasteiger partial charge in [-0.2, -0.15) is 0 Å². The maximum Gasteiger partial charge on any atom is 0.407 e. The van der Waals surface area contributed by atoms with Gasteiger partial charge in [-0.25, -0.2) is 4.79 Å². The molecule has 1 N–H and O–H groups in total. The number of carbonyl (C=O) groups is 3. The van der Waals surface area contributed by atoms with Gasteiger partial charge in [-0.1, -0.05) is 271 Å². The van der Waals surface area contributed by atoms with E-state index in [0.29, 0.717) is 45.8 Å². The molecule has 9 heteroatoms. The van der Waals surface area contributed by atoms with Crippen LogP contribution in [0.2, 0.25) is 0 Å². The normalized spacial score (nSPS) is 11.5. The van der Waals surface area contributed by atoms with Crippen molar-refractivity contribution in [2.24, 2.45) is 0 Å². The Morgan fingerprint density at radius 1 is 0.356 bits per heavy atom. The van der Waals surface area contributed by atoms with Gasteiger partial charge < -0.3 is 29.2 Å². The molecule has 0 bridgehead atoms. The quantitative estimate of drug-likeness (QED) is 0.0365. The Balaban J connectivity index is 3.96. The van der Waals surface area contributed by atoms with Crippen LogP contribution in [-0.2, 0) is 28.5 Å². The molecular weight excluding hydrogens is 909 g/mol. The fourth-order valence-corrected chi connectivity index (χ4v) is 9.90. The minimum Gasteiger partial charge on any atom is -0.466 e. The molecule has 1 amide bonds. The molecule has 0 aromatic heterocycles. The third-order valence-corrected chi connectivity index (χ3v) is 14.8. The van der Waals surface area contributed by atoms with Crippen LogP contribution in [0.4, 0.5) is 4.79 Å². The Morgan fingerprint density at radius 2 is 0.644 bits per heavy atom. The number of rotatable bonds is 61.